The summed E-state index contributed by atoms with van der Waals surface area (Å²) < 4.78 is 43.2. The third kappa shape index (κ3) is 5.25. The molecule has 0 spiro atoms. The van der Waals surface area contributed by atoms with Crippen molar-refractivity contribution in [2.24, 2.45) is 5.92 Å². The summed E-state index contributed by atoms with van der Waals surface area (Å²) in [6.45, 7) is 0.422. The quantitative estimate of drug-likeness (QED) is 0.369. The van der Waals surface area contributed by atoms with Gasteiger partial charge in [0.1, 0.15) is 6.07 Å². The third-order valence-electron chi connectivity index (χ3n) is 6.99. The second-order valence-corrected chi connectivity index (χ2v) is 9.90. The van der Waals surface area contributed by atoms with Crippen LogP contribution in [0.4, 0.5) is 13.2 Å². The molecule has 1 aliphatic rings. The van der Waals surface area contributed by atoms with Crippen LogP contribution >= 0.6 is 11.6 Å². The molecule has 3 aromatic heterocycles. The van der Waals surface area contributed by atoms with E-state index in [1.165, 1.54) is 17.0 Å². The van der Waals surface area contributed by atoms with Gasteiger partial charge in [0.25, 0.3) is 5.91 Å². The minimum absolute atomic E-state index is 0.0605. The molecule has 0 bridgehead atoms. The monoisotopic (exact) mass is 554 g/mol. The number of imidazole rings is 1. The van der Waals surface area contributed by atoms with E-state index in [0.29, 0.717) is 49.0 Å². The van der Waals surface area contributed by atoms with E-state index in [4.69, 9.17) is 11.6 Å². The van der Waals surface area contributed by atoms with Gasteiger partial charge in [-0.3, -0.25) is 18.9 Å². The molecule has 8 nitrogen and oxygen atoms in total. The lowest BCUT2D eigenvalue weighted by atomic mass is 9.85. The Morgan fingerprint density at radius 3 is 2.54 bits per heavy atom. The number of fused-ring (bicyclic) bond motifs is 1. The van der Waals surface area contributed by atoms with Gasteiger partial charge in [-0.1, -0.05) is 23.7 Å². The Kier molecular flexibility index (Phi) is 7.14. The van der Waals surface area contributed by atoms with E-state index >= 15 is 0 Å². The number of carbonyl (C=O) groups excluding carboxylic acids is 1. The number of benzene rings is 1. The van der Waals surface area contributed by atoms with E-state index in [1.807, 2.05) is 24.3 Å². The first kappa shape index (κ1) is 26.4. The van der Waals surface area contributed by atoms with Gasteiger partial charge in [-0.25, -0.2) is 9.78 Å². The van der Waals surface area contributed by atoms with Crippen LogP contribution in [0.5, 0.6) is 0 Å². The molecule has 200 valence electrons. The molecule has 1 N–H and O–H groups in total. The molecule has 4 aromatic rings. The lowest BCUT2D eigenvalue weighted by molar-refractivity contribution is -0.141. The Bertz CT molecular complexity index is 1650. The predicted octanol–water partition coefficient (Wildman–Crippen LogP) is 5.11. The molecular weight excluding hydrogens is 533 g/mol. The maximum atomic E-state index is 13.6. The highest BCUT2D eigenvalue weighted by molar-refractivity contribution is 6.30. The number of alkyl halides is 3. The third-order valence-corrected chi connectivity index (χ3v) is 7.19. The maximum Gasteiger partial charge on any atom is 0.434 e. The first-order chi connectivity index (χ1) is 18.7. The van der Waals surface area contributed by atoms with Crippen LogP contribution in [0.25, 0.3) is 16.7 Å². The number of hydrogen-bond donors (Lipinski definition) is 1. The van der Waals surface area contributed by atoms with Crippen LogP contribution in [0.15, 0.2) is 59.8 Å². The van der Waals surface area contributed by atoms with Crippen molar-refractivity contribution in [3.8, 4) is 11.8 Å². The van der Waals surface area contributed by atoms with Crippen molar-refractivity contribution in [2.45, 2.75) is 44.4 Å². The van der Waals surface area contributed by atoms with Gasteiger partial charge in [-0.2, -0.15) is 18.4 Å². The van der Waals surface area contributed by atoms with Gasteiger partial charge in [0, 0.05) is 25.0 Å². The number of carbonyl (C=O) groups is 1. The van der Waals surface area contributed by atoms with E-state index in [1.54, 1.807) is 10.6 Å². The van der Waals surface area contributed by atoms with Gasteiger partial charge < -0.3 is 5.32 Å². The molecule has 5 rings (SSSR count). The van der Waals surface area contributed by atoms with E-state index in [0.717, 1.165) is 17.8 Å². The molecule has 1 aliphatic carbocycles. The Morgan fingerprint density at radius 2 is 1.85 bits per heavy atom. The number of nitrogens with one attached hydrogen (secondary N) is 1. The number of rotatable bonds is 5. The highest BCUT2D eigenvalue weighted by Gasteiger charge is 2.38. The van der Waals surface area contributed by atoms with E-state index < -0.39 is 23.3 Å². The molecule has 0 saturated heterocycles. The molecule has 1 saturated carbocycles. The number of nitrogens with zero attached hydrogens (tertiary/aromatic N) is 5. The summed E-state index contributed by atoms with van der Waals surface area (Å²) in [5, 5.41) is 12.2. The summed E-state index contributed by atoms with van der Waals surface area (Å²) in [7, 11) is 0. The fourth-order valence-corrected chi connectivity index (χ4v) is 5.28. The Morgan fingerprint density at radius 1 is 1.13 bits per heavy atom. The zero-order valence-corrected chi connectivity index (χ0v) is 21.2. The number of hydrogen-bond acceptors (Lipinski definition) is 5. The van der Waals surface area contributed by atoms with Gasteiger partial charge in [-0.05, 0) is 55.9 Å². The Hall–Kier alpha value is -4.17. The Labute approximate surface area is 225 Å². The lowest BCUT2D eigenvalue weighted by Crippen LogP contribution is -2.39. The molecule has 39 heavy (non-hydrogen) atoms. The zero-order valence-electron chi connectivity index (χ0n) is 20.5. The second-order valence-electron chi connectivity index (χ2n) is 9.46. The Balaban J connectivity index is 1.32. The number of halogens is 4. The van der Waals surface area contributed by atoms with Crippen LogP contribution in [0.2, 0.25) is 5.02 Å². The molecule has 1 amide bonds. The fraction of sp³-hybridized carbons (Fsp3) is 0.296. The largest absolute Gasteiger partial charge is 0.434 e. The minimum atomic E-state index is -4.79. The number of aromatic nitrogens is 4. The number of amides is 1. The van der Waals surface area contributed by atoms with Crippen molar-refractivity contribution in [2.75, 3.05) is 0 Å². The van der Waals surface area contributed by atoms with Crippen molar-refractivity contribution in [3.63, 3.8) is 0 Å². The minimum Gasteiger partial charge on any atom is -0.349 e. The molecule has 0 unspecified atom stereocenters. The lowest BCUT2D eigenvalue weighted by Gasteiger charge is -2.29. The van der Waals surface area contributed by atoms with Crippen LogP contribution in [-0.4, -0.2) is 31.1 Å². The van der Waals surface area contributed by atoms with Crippen LogP contribution in [0.1, 0.15) is 47.3 Å². The van der Waals surface area contributed by atoms with Crippen molar-refractivity contribution in [1.82, 2.24) is 24.4 Å². The molecule has 1 aromatic carbocycles. The summed E-state index contributed by atoms with van der Waals surface area (Å²) in [5.74, 6) is -0.761. The van der Waals surface area contributed by atoms with E-state index in [-0.39, 0.29) is 22.7 Å². The van der Waals surface area contributed by atoms with Crippen molar-refractivity contribution < 1.29 is 18.0 Å². The predicted molar refractivity (Wildman–Crippen MR) is 138 cm³/mol. The van der Waals surface area contributed by atoms with Crippen LogP contribution < -0.4 is 11.0 Å². The topological polar surface area (TPSA) is 106 Å². The van der Waals surface area contributed by atoms with E-state index in [9.17, 15) is 28.0 Å². The van der Waals surface area contributed by atoms with Crippen LogP contribution in [-0.2, 0) is 12.7 Å². The van der Waals surface area contributed by atoms with Crippen molar-refractivity contribution in [1.29, 1.82) is 5.26 Å². The SMILES string of the molecule is N#Cc1ccncc1-n1c(=O)n(CC2CCC(NC(=O)c3cc(Cl)cnc3C(F)(F)F)CC2)c2ccccc21. The number of para-hydroxylation sites is 2. The summed E-state index contributed by atoms with van der Waals surface area (Å²) in [6.07, 6.45) is 1.47. The van der Waals surface area contributed by atoms with Crippen molar-refractivity contribution >= 4 is 28.5 Å². The van der Waals surface area contributed by atoms with Crippen molar-refractivity contribution in [3.05, 3.63) is 87.3 Å². The molecular formula is C27H22ClF3N6O2. The van der Waals surface area contributed by atoms with Gasteiger partial charge in [0.15, 0.2) is 5.69 Å². The second kappa shape index (κ2) is 10.5. The molecule has 12 heteroatoms. The van der Waals surface area contributed by atoms with Crippen LogP contribution in [0.3, 0.4) is 0 Å². The first-order valence-electron chi connectivity index (χ1n) is 12.3. The fourth-order valence-electron chi connectivity index (χ4n) is 5.13. The maximum absolute atomic E-state index is 13.6. The highest BCUT2D eigenvalue weighted by Crippen LogP contribution is 2.32. The molecule has 0 aliphatic heterocycles. The zero-order chi connectivity index (χ0) is 27.7. The summed E-state index contributed by atoms with van der Waals surface area (Å²) >= 11 is 5.80. The summed E-state index contributed by atoms with van der Waals surface area (Å²) in [4.78, 5) is 33.7. The molecule has 3 heterocycles. The normalized spacial score (nSPS) is 17.6. The van der Waals surface area contributed by atoms with Gasteiger partial charge >= 0.3 is 11.9 Å². The highest BCUT2D eigenvalue weighted by atomic mass is 35.5. The van der Waals surface area contributed by atoms with Crippen LogP contribution in [0, 0.1) is 17.2 Å². The smallest absolute Gasteiger partial charge is 0.349 e. The molecule has 1 fully saturated rings. The van der Waals surface area contributed by atoms with E-state index in [2.05, 4.69) is 21.4 Å². The molecule has 0 radical (unpaired) electrons. The number of pyridine rings is 2. The number of nitriles is 1. The standard InChI is InChI=1S/C27H22ClF3N6O2/c28-18-11-20(24(34-13-18)27(29,30)31)25(38)35-19-7-5-16(6-8-19)15-36-21-3-1-2-4-22(21)37(26(36)39)23-14-33-10-9-17(23)12-32/h1-4,9-11,13-14,16,19H,5-8,15H2,(H,35,38). The average Bonchev–Trinajstić information content (AvgIpc) is 3.19. The first-order valence-corrected chi connectivity index (χ1v) is 12.6. The van der Waals surface area contributed by atoms with Gasteiger partial charge in [-0.15, -0.1) is 0 Å². The average molecular weight is 555 g/mol. The van der Waals surface area contributed by atoms with Gasteiger partial charge in [0.2, 0.25) is 0 Å². The summed E-state index contributed by atoms with van der Waals surface area (Å²) in [5.41, 5.74) is -0.0628. The summed E-state index contributed by atoms with van der Waals surface area (Å²) in [6, 6.07) is 11.6. The van der Waals surface area contributed by atoms with Gasteiger partial charge in [0.05, 0.1) is 39.1 Å². The molecule has 0 atom stereocenters.